The molecular weight excluding hydrogens is 300 g/mol. The summed E-state index contributed by atoms with van der Waals surface area (Å²) in [5, 5.41) is 0. The molecular formula is C14H25ClO4S. The maximum Gasteiger partial charge on any atom is 0.233 e. The lowest BCUT2D eigenvalue weighted by Crippen LogP contribution is -2.41. The Bertz CT molecular complexity index is 403. The van der Waals surface area contributed by atoms with Crippen molar-refractivity contribution in [2.24, 2.45) is 11.3 Å². The molecule has 4 nitrogen and oxygen atoms in total. The fraction of sp³-hybridized carbons (Fsp3) is 1.00. The Morgan fingerprint density at radius 2 is 1.90 bits per heavy atom. The summed E-state index contributed by atoms with van der Waals surface area (Å²) in [7, 11) is 1.97. The predicted molar refractivity (Wildman–Crippen MR) is 79.5 cm³/mol. The molecule has 1 aliphatic heterocycles. The van der Waals surface area contributed by atoms with Crippen molar-refractivity contribution < 1.29 is 17.9 Å². The minimum absolute atomic E-state index is 0.00792. The minimum Gasteiger partial charge on any atom is -0.381 e. The van der Waals surface area contributed by atoms with Gasteiger partial charge in [-0.3, -0.25) is 0 Å². The fourth-order valence-corrected chi connectivity index (χ4v) is 5.11. The van der Waals surface area contributed by atoms with Gasteiger partial charge in [-0.2, -0.15) is 0 Å². The molecule has 0 radical (unpaired) electrons. The summed E-state index contributed by atoms with van der Waals surface area (Å²) >= 11 is 0. The highest BCUT2D eigenvalue weighted by Gasteiger charge is 2.38. The van der Waals surface area contributed by atoms with Crippen LogP contribution in [0.25, 0.3) is 0 Å². The summed E-state index contributed by atoms with van der Waals surface area (Å²) in [6.45, 7) is 3.89. The van der Waals surface area contributed by atoms with Crippen LogP contribution in [-0.2, 0) is 18.5 Å². The zero-order valence-electron chi connectivity index (χ0n) is 12.1. The normalized spacial score (nSPS) is 31.1. The van der Waals surface area contributed by atoms with E-state index in [1.807, 2.05) is 0 Å². The van der Waals surface area contributed by atoms with Crippen LogP contribution in [0.2, 0.25) is 0 Å². The smallest absolute Gasteiger partial charge is 0.233 e. The van der Waals surface area contributed by atoms with Crippen molar-refractivity contribution in [2.45, 2.75) is 51.6 Å². The van der Waals surface area contributed by atoms with E-state index in [1.54, 1.807) is 0 Å². The van der Waals surface area contributed by atoms with Crippen molar-refractivity contribution >= 4 is 19.7 Å². The minimum atomic E-state index is -3.51. The molecule has 118 valence electrons. The average molecular weight is 325 g/mol. The van der Waals surface area contributed by atoms with Gasteiger partial charge in [0.25, 0.3) is 0 Å². The molecule has 2 atom stereocenters. The van der Waals surface area contributed by atoms with Crippen molar-refractivity contribution in [3.05, 3.63) is 0 Å². The molecule has 1 saturated carbocycles. The van der Waals surface area contributed by atoms with Crippen LogP contribution in [0.15, 0.2) is 0 Å². The highest BCUT2D eigenvalue weighted by atomic mass is 35.7. The Morgan fingerprint density at radius 3 is 2.50 bits per heavy atom. The zero-order valence-corrected chi connectivity index (χ0v) is 13.7. The number of rotatable bonds is 5. The zero-order chi connectivity index (χ0) is 14.6. The van der Waals surface area contributed by atoms with Crippen LogP contribution < -0.4 is 0 Å². The summed E-state index contributed by atoms with van der Waals surface area (Å²) in [6, 6.07) is 0. The van der Waals surface area contributed by atoms with Gasteiger partial charge in [-0.1, -0.05) is 19.8 Å². The van der Waals surface area contributed by atoms with Crippen LogP contribution in [0.1, 0.15) is 45.4 Å². The number of hydrogen-bond acceptors (Lipinski definition) is 4. The first kappa shape index (κ1) is 16.5. The molecule has 0 N–H and O–H groups in total. The van der Waals surface area contributed by atoms with Crippen LogP contribution in [0.5, 0.6) is 0 Å². The first-order valence-electron chi connectivity index (χ1n) is 7.52. The second-order valence-electron chi connectivity index (χ2n) is 6.41. The van der Waals surface area contributed by atoms with Gasteiger partial charge in [0.15, 0.2) is 0 Å². The third-order valence-corrected chi connectivity index (χ3v) is 5.95. The Morgan fingerprint density at radius 1 is 1.25 bits per heavy atom. The van der Waals surface area contributed by atoms with Crippen molar-refractivity contribution in [3.63, 3.8) is 0 Å². The first-order valence-corrected chi connectivity index (χ1v) is 10.00. The lowest BCUT2D eigenvalue weighted by atomic mass is 9.82. The lowest BCUT2D eigenvalue weighted by molar-refractivity contribution is -0.0756. The molecule has 0 bridgehead atoms. The molecule has 20 heavy (non-hydrogen) atoms. The van der Waals surface area contributed by atoms with E-state index >= 15 is 0 Å². The van der Waals surface area contributed by atoms with Crippen molar-refractivity contribution in [1.82, 2.24) is 0 Å². The van der Waals surface area contributed by atoms with Gasteiger partial charge in [0, 0.05) is 29.3 Å². The number of ether oxygens (including phenoxy) is 2. The van der Waals surface area contributed by atoms with Crippen LogP contribution in [0.4, 0.5) is 0 Å². The van der Waals surface area contributed by atoms with Crippen LogP contribution >= 0.6 is 10.7 Å². The van der Waals surface area contributed by atoms with Gasteiger partial charge in [-0.25, -0.2) is 8.42 Å². The molecule has 2 unspecified atom stereocenters. The highest BCUT2D eigenvalue weighted by Crippen LogP contribution is 2.35. The second-order valence-corrected chi connectivity index (χ2v) is 9.18. The van der Waals surface area contributed by atoms with Crippen molar-refractivity contribution in [1.29, 1.82) is 0 Å². The van der Waals surface area contributed by atoms with Crippen molar-refractivity contribution in [2.75, 3.05) is 25.6 Å². The molecule has 0 aromatic rings. The standard InChI is InChI=1S/C14H25ClO4S/c1-12-4-2-3-5-13(12)19-10-14(11-20(15,16)17)6-8-18-9-7-14/h12-13H,2-11H2,1H3. The van der Waals surface area contributed by atoms with E-state index in [9.17, 15) is 8.42 Å². The molecule has 1 aliphatic carbocycles. The van der Waals surface area contributed by atoms with Crippen molar-refractivity contribution in [3.8, 4) is 0 Å². The van der Waals surface area contributed by atoms with Gasteiger partial charge < -0.3 is 9.47 Å². The molecule has 2 aliphatic rings. The van der Waals surface area contributed by atoms with Gasteiger partial charge in [0.05, 0.1) is 18.5 Å². The molecule has 2 rings (SSSR count). The van der Waals surface area contributed by atoms with Gasteiger partial charge in [-0.15, -0.1) is 0 Å². The molecule has 1 heterocycles. The van der Waals surface area contributed by atoms with E-state index in [0.29, 0.717) is 38.6 Å². The quantitative estimate of drug-likeness (QED) is 0.730. The SMILES string of the molecule is CC1CCCCC1OCC1(CS(=O)(=O)Cl)CCOCC1. The van der Waals surface area contributed by atoms with Crippen LogP contribution in [-0.4, -0.2) is 40.1 Å². The van der Waals surface area contributed by atoms with Crippen LogP contribution in [0.3, 0.4) is 0 Å². The maximum atomic E-state index is 11.5. The molecule has 0 amide bonds. The van der Waals surface area contributed by atoms with Gasteiger partial charge in [0.1, 0.15) is 0 Å². The fourth-order valence-electron chi connectivity index (χ4n) is 3.31. The van der Waals surface area contributed by atoms with E-state index in [0.717, 1.165) is 6.42 Å². The number of hydrogen-bond donors (Lipinski definition) is 0. The topological polar surface area (TPSA) is 52.6 Å². The van der Waals surface area contributed by atoms with Gasteiger partial charge in [-0.05, 0) is 31.6 Å². The largest absolute Gasteiger partial charge is 0.381 e. The molecule has 0 aromatic carbocycles. The lowest BCUT2D eigenvalue weighted by Gasteiger charge is -2.38. The van der Waals surface area contributed by atoms with Gasteiger partial charge in [0.2, 0.25) is 9.05 Å². The molecule has 2 fully saturated rings. The molecule has 1 saturated heterocycles. The summed E-state index contributed by atoms with van der Waals surface area (Å²) in [6.07, 6.45) is 6.45. The Balaban J connectivity index is 1.96. The van der Waals surface area contributed by atoms with E-state index < -0.39 is 9.05 Å². The monoisotopic (exact) mass is 324 g/mol. The first-order chi connectivity index (χ1) is 9.40. The maximum absolute atomic E-state index is 11.5. The van der Waals surface area contributed by atoms with E-state index in [1.165, 1.54) is 19.3 Å². The van der Waals surface area contributed by atoms with Gasteiger partial charge >= 0.3 is 0 Å². The summed E-state index contributed by atoms with van der Waals surface area (Å²) in [5.41, 5.74) is -0.365. The Labute approximate surface area is 126 Å². The Hall–Kier alpha value is 0.160. The Kier molecular flexibility index (Phi) is 5.74. The third-order valence-electron chi connectivity index (χ3n) is 4.67. The van der Waals surface area contributed by atoms with E-state index in [4.69, 9.17) is 20.2 Å². The second kappa shape index (κ2) is 6.95. The summed E-state index contributed by atoms with van der Waals surface area (Å²) in [4.78, 5) is 0. The summed E-state index contributed by atoms with van der Waals surface area (Å²) < 4.78 is 34.4. The molecule has 0 spiro atoms. The molecule has 0 aromatic heterocycles. The average Bonchev–Trinajstić information content (AvgIpc) is 2.37. The van der Waals surface area contributed by atoms with E-state index in [-0.39, 0.29) is 17.3 Å². The van der Waals surface area contributed by atoms with E-state index in [2.05, 4.69) is 6.92 Å². The number of halogens is 1. The molecule has 6 heteroatoms. The predicted octanol–water partition coefficient (Wildman–Crippen LogP) is 2.95. The third kappa shape index (κ3) is 4.86. The summed E-state index contributed by atoms with van der Waals surface area (Å²) in [5.74, 6) is 0.555. The highest BCUT2D eigenvalue weighted by molar-refractivity contribution is 8.13. The van der Waals surface area contributed by atoms with Crippen LogP contribution in [0, 0.1) is 11.3 Å².